The minimum absolute atomic E-state index is 0.109. The molecule has 98 valence electrons. The van der Waals surface area contributed by atoms with Gasteiger partial charge in [0.15, 0.2) is 6.29 Å². The zero-order valence-electron chi connectivity index (χ0n) is 9.84. The highest BCUT2D eigenvalue weighted by atomic mass is 35.5. The van der Waals surface area contributed by atoms with Crippen molar-refractivity contribution in [1.29, 1.82) is 0 Å². The highest BCUT2D eigenvalue weighted by molar-refractivity contribution is 6.30. The maximum absolute atomic E-state index is 10.5. The summed E-state index contributed by atoms with van der Waals surface area (Å²) in [5, 5.41) is 9.28. The maximum atomic E-state index is 10.5. The van der Waals surface area contributed by atoms with Crippen LogP contribution >= 0.6 is 11.6 Å². The van der Waals surface area contributed by atoms with E-state index >= 15 is 0 Å². The summed E-state index contributed by atoms with van der Waals surface area (Å²) < 4.78 is 11.1. The highest BCUT2D eigenvalue weighted by Gasteiger charge is 2.26. The van der Waals surface area contributed by atoms with Crippen LogP contribution in [-0.2, 0) is 20.7 Å². The largest absolute Gasteiger partial charge is 0.481 e. The molecule has 0 amide bonds. The van der Waals surface area contributed by atoms with Gasteiger partial charge in [-0.1, -0.05) is 23.7 Å². The van der Waals surface area contributed by atoms with Gasteiger partial charge in [0, 0.05) is 17.9 Å². The molecule has 1 fully saturated rings. The van der Waals surface area contributed by atoms with Crippen molar-refractivity contribution in [2.75, 3.05) is 6.61 Å². The molecule has 1 N–H and O–H groups in total. The molecule has 1 aliphatic heterocycles. The van der Waals surface area contributed by atoms with Crippen molar-refractivity contribution in [3.63, 3.8) is 0 Å². The molecule has 1 saturated heterocycles. The Kier molecular flexibility index (Phi) is 4.58. The SMILES string of the molecule is O=C(O)CCC1COC(Cc2cccc(Cl)c2)O1. The molecular formula is C13H15ClO4. The minimum atomic E-state index is -0.808. The van der Waals surface area contributed by atoms with Crippen molar-refractivity contribution >= 4 is 17.6 Å². The average molecular weight is 271 g/mol. The molecule has 1 aliphatic rings. The second-order valence-corrected chi connectivity index (χ2v) is 4.72. The Balaban J connectivity index is 1.80. The van der Waals surface area contributed by atoms with Gasteiger partial charge in [0.05, 0.1) is 12.7 Å². The Morgan fingerprint density at radius 3 is 3.06 bits per heavy atom. The van der Waals surface area contributed by atoms with Crippen LogP contribution < -0.4 is 0 Å². The quantitative estimate of drug-likeness (QED) is 0.893. The van der Waals surface area contributed by atoms with Crippen molar-refractivity contribution in [1.82, 2.24) is 0 Å². The first-order chi connectivity index (χ1) is 8.63. The number of halogens is 1. The Labute approximate surface area is 110 Å². The molecule has 1 aromatic rings. The van der Waals surface area contributed by atoms with Crippen molar-refractivity contribution in [3.05, 3.63) is 34.9 Å². The Hall–Kier alpha value is -1.10. The first-order valence-electron chi connectivity index (χ1n) is 5.87. The number of rotatable bonds is 5. The van der Waals surface area contributed by atoms with E-state index in [0.29, 0.717) is 24.5 Å². The molecule has 0 bridgehead atoms. The lowest BCUT2D eigenvalue weighted by Crippen LogP contribution is -2.15. The van der Waals surface area contributed by atoms with Gasteiger partial charge >= 0.3 is 5.97 Å². The summed E-state index contributed by atoms with van der Waals surface area (Å²) in [6.45, 7) is 0.457. The number of benzene rings is 1. The van der Waals surface area contributed by atoms with Crippen molar-refractivity contribution < 1.29 is 19.4 Å². The summed E-state index contributed by atoms with van der Waals surface area (Å²) >= 11 is 5.90. The van der Waals surface area contributed by atoms with Crippen LogP contribution in [0.25, 0.3) is 0 Å². The van der Waals surface area contributed by atoms with E-state index in [1.54, 1.807) is 0 Å². The van der Waals surface area contributed by atoms with Gasteiger partial charge in [0.25, 0.3) is 0 Å². The molecule has 4 nitrogen and oxygen atoms in total. The van der Waals surface area contributed by atoms with Gasteiger partial charge in [-0.15, -0.1) is 0 Å². The number of carboxylic acids is 1. The molecule has 0 radical (unpaired) electrons. The number of carbonyl (C=O) groups is 1. The van der Waals surface area contributed by atoms with Gasteiger partial charge in [0.2, 0.25) is 0 Å². The van der Waals surface area contributed by atoms with Crippen molar-refractivity contribution in [2.45, 2.75) is 31.7 Å². The second kappa shape index (κ2) is 6.18. The molecule has 1 heterocycles. The number of hydrogen-bond acceptors (Lipinski definition) is 3. The van der Waals surface area contributed by atoms with E-state index in [1.807, 2.05) is 24.3 Å². The molecule has 0 saturated carbocycles. The van der Waals surface area contributed by atoms with E-state index in [1.165, 1.54) is 0 Å². The third kappa shape index (κ3) is 3.98. The first kappa shape index (κ1) is 13.3. The smallest absolute Gasteiger partial charge is 0.303 e. The van der Waals surface area contributed by atoms with E-state index in [0.717, 1.165) is 5.56 Å². The van der Waals surface area contributed by atoms with E-state index in [-0.39, 0.29) is 18.8 Å². The van der Waals surface area contributed by atoms with E-state index in [9.17, 15) is 4.79 Å². The summed E-state index contributed by atoms with van der Waals surface area (Å²) in [6, 6.07) is 7.54. The molecule has 0 aliphatic carbocycles. The molecule has 1 aromatic carbocycles. The summed E-state index contributed by atoms with van der Waals surface area (Å²) in [7, 11) is 0. The average Bonchev–Trinajstić information content (AvgIpc) is 2.74. The molecule has 2 unspecified atom stereocenters. The van der Waals surface area contributed by atoms with Gasteiger partial charge in [-0.2, -0.15) is 0 Å². The topological polar surface area (TPSA) is 55.8 Å². The van der Waals surface area contributed by atoms with Crippen LogP contribution in [0.2, 0.25) is 5.02 Å². The van der Waals surface area contributed by atoms with Gasteiger partial charge in [-0.05, 0) is 24.1 Å². The van der Waals surface area contributed by atoms with Crippen LogP contribution in [0.15, 0.2) is 24.3 Å². The van der Waals surface area contributed by atoms with E-state index < -0.39 is 5.97 Å². The van der Waals surface area contributed by atoms with Crippen LogP contribution in [-0.4, -0.2) is 30.1 Å². The first-order valence-corrected chi connectivity index (χ1v) is 6.24. The van der Waals surface area contributed by atoms with Gasteiger partial charge in [-0.3, -0.25) is 4.79 Å². The monoisotopic (exact) mass is 270 g/mol. The third-order valence-electron chi connectivity index (χ3n) is 2.78. The highest BCUT2D eigenvalue weighted by Crippen LogP contribution is 2.20. The molecule has 2 rings (SSSR count). The predicted molar refractivity (Wildman–Crippen MR) is 66.6 cm³/mol. The zero-order valence-corrected chi connectivity index (χ0v) is 10.6. The summed E-state index contributed by atoms with van der Waals surface area (Å²) in [4.78, 5) is 10.5. The Morgan fingerprint density at radius 2 is 2.33 bits per heavy atom. The number of ether oxygens (including phenoxy) is 2. The third-order valence-corrected chi connectivity index (χ3v) is 3.02. The fourth-order valence-corrected chi connectivity index (χ4v) is 2.12. The molecule has 5 heteroatoms. The minimum Gasteiger partial charge on any atom is -0.481 e. The van der Waals surface area contributed by atoms with Gasteiger partial charge in [-0.25, -0.2) is 0 Å². The summed E-state index contributed by atoms with van der Waals surface area (Å²) in [5.41, 5.74) is 1.05. The molecule has 18 heavy (non-hydrogen) atoms. The predicted octanol–water partition coefficient (Wildman–Crippen LogP) is 2.49. The molecule has 0 aromatic heterocycles. The fourth-order valence-electron chi connectivity index (χ4n) is 1.91. The molecular weight excluding hydrogens is 256 g/mol. The molecule has 2 atom stereocenters. The van der Waals surface area contributed by atoms with Gasteiger partial charge in [0.1, 0.15) is 0 Å². The maximum Gasteiger partial charge on any atom is 0.303 e. The second-order valence-electron chi connectivity index (χ2n) is 4.29. The normalized spacial score (nSPS) is 23.2. The van der Waals surface area contributed by atoms with Crippen molar-refractivity contribution in [3.8, 4) is 0 Å². The van der Waals surface area contributed by atoms with Crippen LogP contribution in [0.4, 0.5) is 0 Å². The number of carboxylic acid groups (broad SMARTS) is 1. The van der Waals surface area contributed by atoms with Gasteiger partial charge < -0.3 is 14.6 Å². The fraction of sp³-hybridized carbons (Fsp3) is 0.462. The standard InChI is InChI=1S/C13H15ClO4/c14-10-3-1-2-9(6-10)7-13-17-8-11(18-13)4-5-12(15)16/h1-3,6,11,13H,4-5,7-8H2,(H,15,16). The number of aliphatic carboxylic acids is 1. The van der Waals surface area contributed by atoms with Crippen LogP contribution in [0.3, 0.4) is 0 Å². The Bertz CT molecular complexity index is 421. The lowest BCUT2D eigenvalue weighted by molar-refractivity contribution is -0.137. The number of hydrogen-bond donors (Lipinski definition) is 1. The van der Waals surface area contributed by atoms with Crippen LogP contribution in [0.5, 0.6) is 0 Å². The summed E-state index contributed by atoms with van der Waals surface area (Å²) in [6.07, 6.45) is 0.802. The van der Waals surface area contributed by atoms with Crippen LogP contribution in [0, 0.1) is 0 Å². The lowest BCUT2D eigenvalue weighted by atomic mass is 10.1. The molecule has 0 spiro atoms. The lowest BCUT2D eigenvalue weighted by Gasteiger charge is -2.11. The zero-order chi connectivity index (χ0) is 13.0. The van der Waals surface area contributed by atoms with Crippen LogP contribution in [0.1, 0.15) is 18.4 Å². The summed E-state index contributed by atoms with van der Waals surface area (Å²) in [5.74, 6) is -0.808. The Morgan fingerprint density at radius 1 is 1.50 bits per heavy atom. The van der Waals surface area contributed by atoms with E-state index in [2.05, 4.69) is 0 Å². The van der Waals surface area contributed by atoms with Crippen molar-refractivity contribution in [2.24, 2.45) is 0 Å². The van der Waals surface area contributed by atoms with E-state index in [4.69, 9.17) is 26.2 Å².